The summed E-state index contributed by atoms with van der Waals surface area (Å²) in [5, 5.41) is 5.38. The number of carbonyl (C=O) groups excluding carboxylic acids is 2. The lowest BCUT2D eigenvalue weighted by Crippen LogP contribution is -2.36. The van der Waals surface area contributed by atoms with Gasteiger partial charge in [0, 0.05) is 24.4 Å². The van der Waals surface area contributed by atoms with Crippen LogP contribution in [0, 0.1) is 0 Å². The number of pyridine rings is 1. The van der Waals surface area contributed by atoms with Crippen LogP contribution in [0.4, 0.5) is 0 Å². The maximum Gasteiger partial charge on any atom is 0.251 e. The Labute approximate surface area is 205 Å². The molecule has 0 fully saturated rings. The monoisotopic (exact) mass is 477 g/mol. The molecule has 0 bridgehead atoms. The highest BCUT2D eigenvalue weighted by atomic mass is 16.5. The lowest BCUT2D eigenvalue weighted by atomic mass is 10.2. The molecule has 2 amide bonds. The van der Waals surface area contributed by atoms with E-state index in [1.807, 2.05) is 37.3 Å². The van der Waals surface area contributed by atoms with Gasteiger partial charge in [0.1, 0.15) is 5.75 Å². The lowest BCUT2D eigenvalue weighted by molar-refractivity contribution is -0.120. The quantitative estimate of drug-likeness (QED) is 0.352. The van der Waals surface area contributed by atoms with Gasteiger partial charge in [-0.3, -0.25) is 9.59 Å². The number of para-hydroxylation sites is 2. The fraction of sp³-hybridized carbons (Fsp3) is 0.296. The standard InChI is InChI=1S/C27H31N3O5/c1-3-5-16-34-22-13-11-21(12-14-22)27(32)30-19-25(31)28-17-20-10-15-26(29-18-20)35-24-9-7-6-8-23(24)33-4-2/h6-15,18H,3-5,16-17,19H2,1-2H3,(H,28,31)(H,30,32). The molecule has 184 valence electrons. The summed E-state index contributed by atoms with van der Waals surface area (Å²) in [4.78, 5) is 28.7. The van der Waals surface area contributed by atoms with Crippen LogP contribution in [0.15, 0.2) is 66.9 Å². The Morgan fingerprint density at radius 2 is 1.66 bits per heavy atom. The SMILES string of the molecule is CCCCOc1ccc(C(=O)NCC(=O)NCc2ccc(Oc3ccccc3OCC)nc2)cc1. The fourth-order valence-electron chi connectivity index (χ4n) is 3.06. The van der Waals surface area contributed by atoms with Crippen LogP contribution in [0.5, 0.6) is 23.1 Å². The molecule has 8 nitrogen and oxygen atoms in total. The van der Waals surface area contributed by atoms with E-state index in [4.69, 9.17) is 14.2 Å². The van der Waals surface area contributed by atoms with E-state index >= 15 is 0 Å². The number of ether oxygens (including phenoxy) is 3. The molecule has 0 atom stereocenters. The molecule has 0 radical (unpaired) electrons. The van der Waals surface area contributed by atoms with Gasteiger partial charge in [0.25, 0.3) is 5.91 Å². The number of hydrogen-bond acceptors (Lipinski definition) is 6. The Bertz CT molecular complexity index is 1080. The third kappa shape index (κ3) is 8.33. The summed E-state index contributed by atoms with van der Waals surface area (Å²) in [6.45, 7) is 5.34. The summed E-state index contributed by atoms with van der Waals surface area (Å²) < 4.78 is 16.9. The molecule has 2 N–H and O–H groups in total. The number of aromatic nitrogens is 1. The maximum atomic E-state index is 12.3. The van der Waals surface area contributed by atoms with Crippen molar-refractivity contribution in [3.8, 4) is 23.1 Å². The third-order valence-corrected chi connectivity index (χ3v) is 4.94. The molecule has 0 aliphatic rings. The first kappa shape index (κ1) is 25.6. The number of amides is 2. The Morgan fingerprint density at radius 1 is 0.886 bits per heavy atom. The molecular formula is C27H31N3O5. The first-order valence-electron chi connectivity index (χ1n) is 11.7. The van der Waals surface area contributed by atoms with Crippen LogP contribution < -0.4 is 24.8 Å². The molecule has 1 aromatic heterocycles. The van der Waals surface area contributed by atoms with Gasteiger partial charge < -0.3 is 24.8 Å². The van der Waals surface area contributed by atoms with Crippen molar-refractivity contribution in [2.75, 3.05) is 19.8 Å². The molecule has 3 aromatic rings. The van der Waals surface area contributed by atoms with E-state index in [9.17, 15) is 9.59 Å². The zero-order chi connectivity index (χ0) is 24.9. The van der Waals surface area contributed by atoms with Crippen LogP contribution in [-0.4, -0.2) is 36.6 Å². The van der Waals surface area contributed by atoms with Crippen LogP contribution in [0.1, 0.15) is 42.6 Å². The average molecular weight is 478 g/mol. The molecule has 35 heavy (non-hydrogen) atoms. The van der Waals surface area contributed by atoms with E-state index in [2.05, 4.69) is 22.5 Å². The number of rotatable bonds is 13. The van der Waals surface area contributed by atoms with Crippen molar-refractivity contribution in [2.45, 2.75) is 33.2 Å². The van der Waals surface area contributed by atoms with Gasteiger partial charge >= 0.3 is 0 Å². The average Bonchev–Trinajstić information content (AvgIpc) is 2.89. The summed E-state index contributed by atoms with van der Waals surface area (Å²) >= 11 is 0. The highest BCUT2D eigenvalue weighted by Gasteiger charge is 2.09. The van der Waals surface area contributed by atoms with Crippen molar-refractivity contribution >= 4 is 11.8 Å². The maximum absolute atomic E-state index is 12.3. The molecular weight excluding hydrogens is 446 g/mol. The second kappa shape index (κ2) is 13.6. The zero-order valence-electron chi connectivity index (χ0n) is 20.1. The topological polar surface area (TPSA) is 98.8 Å². The number of nitrogens with zero attached hydrogens (tertiary/aromatic N) is 1. The minimum atomic E-state index is -0.323. The van der Waals surface area contributed by atoms with Gasteiger partial charge in [-0.25, -0.2) is 4.98 Å². The van der Waals surface area contributed by atoms with Crippen LogP contribution in [0.25, 0.3) is 0 Å². The normalized spacial score (nSPS) is 10.3. The van der Waals surface area contributed by atoms with Gasteiger partial charge in [0.15, 0.2) is 11.5 Å². The van der Waals surface area contributed by atoms with Crippen molar-refractivity contribution in [2.24, 2.45) is 0 Å². The number of carbonyl (C=O) groups is 2. The second-order valence-electron chi connectivity index (χ2n) is 7.67. The molecule has 0 saturated heterocycles. The van der Waals surface area contributed by atoms with E-state index in [-0.39, 0.29) is 24.9 Å². The molecule has 0 aliphatic carbocycles. The van der Waals surface area contributed by atoms with Crippen molar-refractivity contribution < 1.29 is 23.8 Å². The number of nitrogens with one attached hydrogen (secondary N) is 2. The van der Waals surface area contributed by atoms with E-state index in [1.165, 1.54) is 0 Å². The number of hydrogen-bond donors (Lipinski definition) is 2. The Morgan fingerprint density at radius 3 is 2.34 bits per heavy atom. The van der Waals surface area contributed by atoms with Crippen LogP contribution in [-0.2, 0) is 11.3 Å². The Balaban J connectivity index is 1.41. The summed E-state index contributed by atoms with van der Waals surface area (Å²) in [6, 6.07) is 17.8. The molecule has 0 unspecified atom stereocenters. The van der Waals surface area contributed by atoms with Gasteiger partial charge in [0.2, 0.25) is 11.8 Å². The minimum absolute atomic E-state index is 0.129. The Hall–Kier alpha value is -4.07. The third-order valence-electron chi connectivity index (χ3n) is 4.94. The van der Waals surface area contributed by atoms with E-state index in [1.54, 1.807) is 36.5 Å². The predicted octanol–water partition coefficient (Wildman–Crippen LogP) is 4.50. The van der Waals surface area contributed by atoms with Gasteiger partial charge in [-0.15, -0.1) is 0 Å². The highest BCUT2D eigenvalue weighted by Crippen LogP contribution is 2.30. The van der Waals surface area contributed by atoms with Gasteiger partial charge in [-0.1, -0.05) is 31.5 Å². The van der Waals surface area contributed by atoms with E-state index in [0.29, 0.717) is 36.2 Å². The van der Waals surface area contributed by atoms with Gasteiger partial charge in [0.05, 0.1) is 19.8 Å². The molecule has 2 aromatic carbocycles. The lowest BCUT2D eigenvalue weighted by Gasteiger charge is -2.11. The fourth-order valence-corrected chi connectivity index (χ4v) is 3.06. The van der Waals surface area contributed by atoms with Crippen molar-refractivity contribution in [3.05, 3.63) is 78.0 Å². The van der Waals surface area contributed by atoms with Crippen LogP contribution in [0.2, 0.25) is 0 Å². The highest BCUT2D eigenvalue weighted by molar-refractivity contribution is 5.96. The van der Waals surface area contributed by atoms with Crippen molar-refractivity contribution in [1.82, 2.24) is 15.6 Å². The molecule has 1 heterocycles. The molecule has 0 saturated carbocycles. The predicted molar refractivity (Wildman–Crippen MR) is 133 cm³/mol. The molecule has 3 rings (SSSR count). The van der Waals surface area contributed by atoms with Gasteiger partial charge in [-0.2, -0.15) is 0 Å². The van der Waals surface area contributed by atoms with Crippen molar-refractivity contribution in [3.63, 3.8) is 0 Å². The smallest absolute Gasteiger partial charge is 0.251 e. The molecule has 0 aliphatic heterocycles. The van der Waals surface area contributed by atoms with E-state index in [0.717, 1.165) is 24.2 Å². The van der Waals surface area contributed by atoms with Crippen LogP contribution >= 0.6 is 0 Å². The Kier molecular flexibility index (Phi) is 9.92. The van der Waals surface area contributed by atoms with Crippen molar-refractivity contribution in [1.29, 1.82) is 0 Å². The largest absolute Gasteiger partial charge is 0.494 e. The zero-order valence-corrected chi connectivity index (χ0v) is 20.1. The minimum Gasteiger partial charge on any atom is -0.494 e. The first-order valence-corrected chi connectivity index (χ1v) is 11.7. The summed E-state index contributed by atoms with van der Waals surface area (Å²) in [7, 11) is 0. The molecule has 0 spiro atoms. The number of benzene rings is 2. The second-order valence-corrected chi connectivity index (χ2v) is 7.67. The summed E-state index contributed by atoms with van der Waals surface area (Å²) in [6.07, 6.45) is 3.67. The number of unbranched alkanes of at least 4 members (excludes halogenated alkanes) is 1. The van der Waals surface area contributed by atoms with Crippen LogP contribution in [0.3, 0.4) is 0 Å². The first-order chi connectivity index (χ1) is 17.1. The summed E-state index contributed by atoms with van der Waals surface area (Å²) in [5.41, 5.74) is 1.26. The van der Waals surface area contributed by atoms with Gasteiger partial charge in [-0.05, 0) is 55.3 Å². The van der Waals surface area contributed by atoms with E-state index < -0.39 is 0 Å². The summed E-state index contributed by atoms with van der Waals surface area (Å²) in [5.74, 6) is 1.74. The molecule has 8 heteroatoms.